The monoisotopic (exact) mass is 235 g/mol. The summed E-state index contributed by atoms with van der Waals surface area (Å²) in [7, 11) is 2.00. The fourth-order valence-electron chi connectivity index (χ4n) is 2.23. The predicted octanol–water partition coefficient (Wildman–Crippen LogP) is 1.81. The van der Waals surface area contributed by atoms with Crippen LogP contribution >= 0.6 is 0 Å². The van der Waals surface area contributed by atoms with Crippen LogP contribution in [0.25, 0.3) is 0 Å². The molecule has 94 valence electrons. The summed E-state index contributed by atoms with van der Waals surface area (Å²) < 4.78 is 5.83. The van der Waals surface area contributed by atoms with Gasteiger partial charge in [-0.15, -0.1) is 0 Å². The largest absolute Gasteiger partial charge is 0.474 e. The molecule has 1 aromatic heterocycles. The van der Waals surface area contributed by atoms with E-state index < -0.39 is 0 Å². The molecule has 1 aromatic rings. The normalized spacial score (nSPS) is 23.2. The smallest absolute Gasteiger partial charge is 0.216 e. The van der Waals surface area contributed by atoms with Gasteiger partial charge in [-0.05, 0) is 38.8 Å². The van der Waals surface area contributed by atoms with Gasteiger partial charge < -0.3 is 10.1 Å². The van der Waals surface area contributed by atoms with Gasteiger partial charge in [0.25, 0.3) is 0 Å². The Kier molecular flexibility index (Phi) is 4.31. The van der Waals surface area contributed by atoms with Crippen LogP contribution in [0, 0.1) is 5.92 Å². The van der Waals surface area contributed by atoms with Crippen molar-refractivity contribution in [3.05, 3.63) is 18.1 Å². The number of aryl methyl sites for hydroxylation is 1. The van der Waals surface area contributed by atoms with E-state index in [-0.39, 0.29) is 0 Å². The molecule has 1 heterocycles. The molecule has 0 aromatic carbocycles. The molecular weight excluding hydrogens is 214 g/mol. The Labute approximate surface area is 103 Å². The Morgan fingerprint density at radius 1 is 1.41 bits per heavy atom. The van der Waals surface area contributed by atoms with E-state index >= 15 is 0 Å². The van der Waals surface area contributed by atoms with Crippen molar-refractivity contribution in [2.75, 3.05) is 13.6 Å². The van der Waals surface area contributed by atoms with E-state index in [9.17, 15) is 0 Å². The number of nitrogens with one attached hydrogen (secondary N) is 1. The predicted molar refractivity (Wildman–Crippen MR) is 67.1 cm³/mol. The lowest BCUT2D eigenvalue weighted by Crippen LogP contribution is -2.38. The molecule has 1 aliphatic rings. The molecular formula is C13H21N3O. The molecule has 0 atom stereocenters. The summed E-state index contributed by atoms with van der Waals surface area (Å²) in [5.41, 5.74) is 1.07. The Morgan fingerprint density at radius 3 is 2.94 bits per heavy atom. The minimum Gasteiger partial charge on any atom is -0.474 e. The van der Waals surface area contributed by atoms with Gasteiger partial charge in [0.1, 0.15) is 12.4 Å². The topological polar surface area (TPSA) is 47.0 Å². The molecule has 4 nitrogen and oxygen atoms in total. The zero-order valence-corrected chi connectivity index (χ0v) is 10.6. The van der Waals surface area contributed by atoms with Gasteiger partial charge in [-0.3, -0.25) is 0 Å². The molecule has 0 bridgehead atoms. The Balaban J connectivity index is 1.81. The van der Waals surface area contributed by atoms with Gasteiger partial charge in [0.15, 0.2) is 0 Å². The molecule has 17 heavy (non-hydrogen) atoms. The van der Waals surface area contributed by atoms with Gasteiger partial charge in [-0.2, -0.15) is 0 Å². The van der Waals surface area contributed by atoms with Gasteiger partial charge in [0, 0.05) is 11.8 Å². The van der Waals surface area contributed by atoms with E-state index in [1.165, 1.54) is 0 Å². The third-order valence-corrected chi connectivity index (χ3v) is 3.18. The summed E-state index contributed by atoms with van der Waals surface area (Å²) in [6, 6.07) is 1.97. The molecule has 4 heteroatoms. The number of aromatic nitrogens is 2. The standard InChI is InChI=1S/C13H21N3O/c1-3-4-11-7-13(16-9-15-11)17-12-5-10(6-12)8-14-2/h7,9-10,12,14H,3-6,8H2,1-2H3. The van der Waals surface area contributed by atoms with Gasteiger partial charge in [-0.25, -0.2) is 9.97 Å². The molecule has 1 fully saturated rings. The van der Waals surface area contributed by atoms with Crippen LogP contribution in [0.2, 0.25) is 0 Å². The molecule has 1 saturated carbocycles. The van der Waals surface area contributed by atoms with E-state index in [0.717, 1.165) is 49.7 Å². The van der Waals surface area contributed by atoms with Crippen molar-refractivity contribution in [1.29, 1.82) is 0 Å². The van der Waals surface area contributed by atoms with Crippen LogP contribution in [0.4, 0.5) is 0 Å². The van der Waals surface area contributed by atoms with E-state index in [1.807, 2.05) is 13.1 Å². The second-order valence-corrected chi connectivity index (χ2v) is 4.73. The maximum atomic E-state index is 5.83. The minimum atomic E-state index is 0.345. The lowest BCUT2D eigenvalue weighted by Gasteiger charge is -2.34. The fourth-order valence-corrected chi connectivity index (χ4v) is 2.23. The van der Waals surface area contributed by atoms with Gasteiger partial charge in [-0.1, -0.05) is 13.3 Å². The second kappa shape index (κ2) is 5.96. The molecule has 0 unspecified atom stereocenters. The summed E-state index contributed by atoms with van der Waals surface area (Å²) in [6.45, 7) is 3.24. The number of hydrogen-bond acceptors (Lipinski definition) is 4. The third kappa shape index (κ3) is 3.40. The summed E-state index contributed by atoms with van der Waals surface area (Å²) in [6.07, 6.45) is 6.31. The minimum absolute atomic E-state index is 0.345. The fraction of sp³-hybridized carbons (Fsp3) is 0.692. The van der Waals surface area contributed by atoms with Crippen molar-refractivity contribution in [3.8, 4) is 5.88 Å². The van der Waals surface area contributed by atoms with E-state index in [4.69, 9.17) is 4.74 Å². The number of rotatable bonds is 6. The first-order valence-electron chi connectivity index (χ1n) is 6.44. The molecule has 0 radical (unpaired) electrons. The summed E-state index contributed by atoms with van der Waals surface area (Å²) in [5, 5.41) is 3.20. The molecule has 1 N–H and O–H groups in total. The maximum Gasteiger partial charge on any atom is 0.216 e. The first-order valence-corrected chi connectivity index (χ1v) is 6.44. The zero-order chi connectivity index (χ0) is 12.1. The van der Waals surface area contributed by atoms with Crippen molar-refractivity contribution in [1.82, 2.24) is 15.3 Å². The van der Waals surface area contributed by atoms with Gasteiger partial charge >= 0.3 is 0 Å². The van der Waals surface area contributed by atoms with E-state index in [2.05, 4.69) is 22.2 Å². The highest BCUT2D eigenvalue weighted by Gasteiger charge is 2.30. The number of ether oxygens (including phenoxy) is 1. The summed E-state index contributed by atoms with van der Waals surface area (Å²) in [4.78, 5) is 8.39. The average Bonchev–Trinajstić information content (AvgIpc) is 2.27. The maximum absolute atomic E-state index is 5.83. The lowest BCUT2D eigenvalue weighted by molar-refractivity contribution is 0.0614. The van der Waals surface area contributed by atoms with Crippen LogP contribution in [0.3, 0.4) is 0 Å². The average molecular weight is 235 g/mol. The first kappa shape index (κ1) is 12.3. The summed E-state index contributed by atoms with van der Waals surface area (Å²) in [5.74, 6) is 1.50. The highest BCUT2D eigenvalue weighted by Crippen LogP contribution is 2.30. The molecule has 0 aliphatic heterocycles. The lowest BCUT2D eigenvalue weighted by atomic mass is 9.82. The zero-order valence-electron chi connectivity index (χ0n) is 10.6. The molecule has 1 aliphatic carbocycles. The van der Waals surface area contributed by atoms with Crippen molar-refractivity contribution in [3.63, 3.8) is 0 Å². The molecule has 0 saturated heterocycles. The Hall–Kier alpha value is -1.16. The van der Waals surface area contributed by atoms with Crippen molar-refractivity contribution in [2.24, 2.45) is 5.92 Å². The van der Waals surface area contributed by atoms with Crippen molar-refractivity contribution >= 4 is 0 Å². The Bertz CT molecular complexity index is 350. The van der Waals surface area contributed by atoms with E-state index in [0.29, 0.717) is 6.10 Å². The van der Waals surface area contributed by atoms with Crippen molar-refractivity contribution in [2.45, 2.75) is 38.7 Å². The molecule has 0 spiro atoms. The number of nitrogens with zero attached hydrogens (tertiary/aromatic N) is 2. The van der Waals surface area contributed by atoms with Crippen molar-refractivity contribution < 1.29 is 4.74 Å². The molecule has 0 amide bonds. The Morgan fingerprint density at radius 2 is 2.24 bits per heavy atom. The highest BCUT2D eigenvalue weighted by atomic mass is 16.5. The highest BCUT2D eigenvalue weighted by molar-refractivity contribution is 5.14. The van der Waals surface area contributed by atoms with Gasteiger partial charge in [0.2, 0.25) is 5.88 Å². The van der Waals surface area contributed by atoms with Crippen LogP contribution < -0.4 is 10.1 Å². The van der Waals surface area contributed by atoms with E-state index in [1.54, 1.807) is 6.33 Å². The SMILES string of the molecule is CCCc1cc(OC2CC(CNC)C2)ncn1. The van der Waals surface area contributed by atoms with Crippen LogP contribution in [-0.4, -0.2) is 29.7 Å². The van der Waals surface area contributed by atoms with Crippen LogP contribution in [0.15, 0.2) is 12.4 Å². The number of hydrogen-bond donors (Lipinski definition) is 1. The van der Waals surface area contributed by atoms with Crippen LogP contribution in [0.1, 0.15) is 31.9 Å². The second-order valence-electron chi connectivity index (χ2n) is 4.73. The summed E-state index contributed by atoms with van der Waals surface area (Å²) >= 11 is 0. The third-order valence-electron chi connectivity index (χ3n) is 3.18. The van der Waals surface area contributed by atoms with Crippen LogP contribution in [0.5, 0.6) is 5.88 Å². The van der Waals surface area contributed by atoms with Crippen LogP contribution in [-0.2, 0) is 6.42 Å². The first-order chi connectivity index (χ1) is 8.31. The van der Waals surface area contributed by atoms with Gasteiger partial charge in [0.05, 0.1) is 0 Å². The quantitative estimate of drug-likeness (QED) is 0.817. The molecule has 2 rings (SSSR count).